The molecule has 1 aliphatic heterocycles. The number of halogens is 1. The first-order valence-electron chi connectivity index (χ1n) is 5.62. The lowest BCUT2D eigenvalue weighted by molar-refractivity contribution is -0.0169. The minimum Gasteiger partial charge on any atom is -0.374 e. The molecule has 1 fully saturated rings. The second kappa shape index (κ2) is 6.65. The van der Waals surface area contributed by atoms with E-state index in [1.165, 1.54) is 19.4 Å². The van der Waals surface area contributed by atoms with Gasteiger partial charge in [0.1, 0.15) is 0 Å². The van der Waals surface area contributed by atoms with Crippen molar-refractivity contribution in [1.82, 2.24) is 4.90 Å². The molecule has 0 saturated carbocycles. The van der Waals surface area contributed by atoms with E-state index < -0.39 is 0 Å². The molecule has 0 radical (unpaired) electrons. The molecule has 2 nitrogen and oxygen atoms in total. The average Bonchev–Trinajstić information content (AvgIpc) is 2.18. The summed E-state index contributed by atoms with van der Waals surface area (Å²) in [6.07, 6.45) is 2.87. The van der Waals surface area contributed by atoms with E-state index in [9.17, 15) is 0 Å². The molecule has 0 aromatic carbocycles. The second-order valence-corrected chi connectivity index (χ2v) is 4.79. The van der Waals surface area contributed by atoms with Crippen molar-refractivity contribution in [3.8, 4) is 0 Å². The van der Waals surface area contributed by atoms with Crippen LogP contribution < -0.4 is 0 Å². The van der Waals surface area contributed by atoms with Crippen LogP contribution >= 0.6 is 11.6 Å². The van der Waals surface area contributed by atoms with Gasteiger partial charge >= 0.3 is 0 Å². The van der Waals surface area contributed by atoms with Gasteiger partial charge in [-0.1, -0.05) is 13.8 Å². The summed E-state index contributed by atoms with van der Waals surface area (Å²) in [4.78, 5) is 2.47. The summed E-state index contributed by atoms with van der Waals surface area (Å²) in [5.74, 6) is 1.44. The van der Waals surface area contributed by atoms with Gasteiger partial charge in [0.2, 0.25) is 0 Å². The van der Waals surface area contributed by atoms with Crippen molar-refractivity contribution < 1.29 is 4.74 Å². The van der Waals surface area contributed by atoms with Crippen molar-refractivity contribution in [2.45, 2.75) is 32.8 Å². The summed E-state index contributed by atoms with van der Waals surface area (Å²) < 4.78 is 5.51. The lowest BCUT2D eigenvalue weighted by Crippen LogP contribution is -2.43. The molecule has 14 heavy (non-hydrogen) atoms. The predicted octanol–water partition coefficient (Wildman–Crippen LogP) is 2.36. The summed E-state index contributed by atoms with van der Waals surface area (Å²) in [7, 11) is 0. The Balaban J connectivity index is 2.11. The maximum atomic E-state index is 5.78. The van der Waals surface area contributed by atoms with E-state index in [0.29, 0.717) is 5.88 Å². The fraction of sp³-hybridized carbons (Fsp3) is 1.00. The third-order valence-electron chi connectivity index (χ3n) is 2.65. The van der Waals surface area contributed by atoms with Crippen molar-refractivity contribution in [3.63, 3.8) is 0 Å². The molecule has 0 aliphatic carbocycles. The normalized spacial score (nSPS) is 24.4. The highest BCUT2D eigenvalue weighted by atomic mass is 35.5. The molecule has 0 N–H and O–H groups in total. The Kier molecular flexibility index (Phi) is 5.83. The molecule has 0 spiro atoms. The molecule has 1 rings (SSSR count). The average molecular weight is 220 g/mol. The number of alkyl halides is 1. The molecule has 0 bridgehead atoms. The minimum atomic E-state index is 0.254. The van der Waals surface area contributed by atoms with Crippen LogP contribution in [0.3, 0.4) is 0 Å². The zero-order chi connectivity index (χ0) is 10.4. The van der Waals surface area contributed by atoms with E-state index in [1.807, 2.05) is 0 Å². The van der Waals surface area contributed by atoms with Crippen LogP contribution in [0.1, 0.15) is 26.7 Å². The summed E-state index contributed by atoms with van der Waals surface area (Å²) in [6, 6.07) is 0. The maximum Gasteiger partial charge on any atom is 0.0837 e. The first-order valence-corrected chi connectivity index (χ1v) is 6.15. The van der Waals surface area contributed by atoms with Crippen LogP contribution in [0.2, 0.25) is 0 Å². The van der Waals surface area contributed by atoms with Gasteiger partial charge < -0.3 is 4.74 Å². The number of rotatable bonds is 5. The quantitative estimate of drug-likeness (QED) is 0.659. The van der Waals surface area contributed by atoms with Crippen LogP contribution in [0.25, 0.3) is 0 Å². The van der Waals surface area contributed by atoms with Crippen LogP contribution in [0, 0.1) is 5.92 Å². The van der Waals surface area contributed by atoms with E-state index >= 15 is 0 Å². The number of hydrogen-bond donors (Lipinski definition) is 0. The van der Waals surface area contributed by atoms with Crippen molar-refractivity contribution in [3.05, 3.63) is 0 Å². The molecule has 0 aromatic rings. The van der Waals surface area contributed by atoms with Crippen molar-refractivity contribution in [2.75, 3.05) is 32.1 Å². The molecule has 0 amide bonds. The fourth-order valence-corrected chi connectivity index (χ4v) is 1.99. The molecular formula is C11H22ClNO. The Labute approximate surface area is 92.6 Å². The van der Waals surface area contributed by atoms with Gasteiger partial charge in [0.05, 0.1) is 12.7 Å². The molecule has 0 aromatic heterocycles. The van der Waals surface area contributed by atoms with E-state index in [4.69, 9.17) is 16.3 Å². The first kappa shape index (κ1) is 12.3. The first-order chi connectivity index (χ1) is 6.72. The molecular weight excluding hydrogens is 198 g/mol. The van der Waals surface area contributed by atoms with Crippen LogP contribution in [-0.4, -0.2) is 43.1 Å². The van der Waals surface area contributed by atoms with E-state index in [0.717, 1.165) is 25.6 Å². The molecule has 84 valence electrons. The minimum absolute atomic E-state index is 0.254. The Hall–Kier alpha value is 0.210. The van der Waals surface area contributed by atoms with Gasteiger partial charge in [0.25, 0.3) is 0 Å². The fourth-order valence-electron chi connectivity index (χ4n) is 1.80. The van der Waals surface area contributed by atoms with Crippen LogP contribution in [-0.2, 0) is 4.74 Å². The monoisotopic (exact) mass is 219 g/mol. The smallest absolute Gasteiger partial charge is 0.0837 e. The van der Waals surface area contributed by atoms with Crippen LogP contribution in [0.15, 0.2) is 0 Å². The highest BCUT2D eigenvalue weighted by molar-refractivity contribution is 6.18. The second-order valence-electron chi connectivity index (χ2n) is 4.48. The summed E-state index contributed by atoms with van der Waals surface area (Å²) >= 11 is 5.78. The van der Waals surface area contributed by atoms with Crippen molar-refractivity contribution in [2.24, 2.45) is 5.92 Å². The lowest BCUT2D eigenvalue weighted by Gasteiger charge is -2.32. The molecule has 1 heterocycles. The number of morpholine rings is 1. The molecule has 1 unspecified atom stereocenters. The zero-order valence-electron chi connectivity index (χ0n) is 9.34. The largest absolute Gasteiger partial charge is 0.374 e. The van der Waals surface area contributed by atoms with Crippen molar-refractivity contribution >= 4 is 11.6 Å². The Morgan fingerprint density at radius 2 is 2.29 bits per heavy atom. The van der Waals surface area contributed by atoms with E-state index in [-0.39, 0.29) is 6.10 Å². The van der Waals surface area contributed by atoms with Gasteiger partial charge in [0.15, 0.2) is 0 Å². The highest BCUT2D eigenvalue weighted by Crippen LogP contribution is 2.09. The van der Waals surface area contributed by atoms with Gasteiger partial charge in [-0.2, -0.15) is 0 Å². The molecule has 1 atom stereocenters. The maximum absolute atomic E-state index is 5.78. The lowest BCUT2D eigenvalue weighted by atomic mass is 10.1. The van der Waals surface area contributed by atoms with Gasteiger partial charge in [-0.25, -0.2) is 0 Å². The van der Waals surface area contributed by atoms with Gasteiger partial charge in [-0.05, 0) is 25.3 Å². The van der Waals surface area contributed by atoms with Gasteiger partial charge in [-0.15, -0.1) is 11.6 Å². The SMILES string of the molecule is CC(C)CCCN1CCOC(CCl)C1. The third-order valence-corrected chi connectivity index (χ3v) is 3.00. The Morgan fingerprint density at radius 3 is 2.93 bits per heavy atom. The number of hydrogen-bond acceptors (Lipinski definition) is 2. The number of ether oxygens (including phenoxy) is 1. The van der Waals surface area contributed by atoms with E-state index in [2.05, 4.69) is 18.7 Å². The van der Waals surface area contributed by atoms with Crippen LogP contribution in [0.5, 0.6) is 0 Å². The summed E-state index contributed by atoms with van der Waals surface area (Å²) in [6.45, 7) is 8.70. The molecule has 1 aliphatic rings. The summed E-state index contributed by atoms with van der Waals surface area (Å²) in [5, 5.41) is 0. The van der Waals surface area contributed by atoms with Crippen molar-refractivity contribution in [1.29, 1.82) is 0 Å². The summed E-state index contributed by atoms with van der Waals surface area (Å²) in [5.41, 5.74) is 0. The topological polar surface area (TPSA) is 12.5 Å². The third kappa shape index (κ3) is 4.63. The zero-order valence-corrected chi connectivity index (χ0v) is 10.1. The molecule has 1 saturated heterocycles. The Morgan fingerprint density at radius 1 is 1.50 bits per heavy atom. The van der Waals surface area contributed by atoms with Gasteiger partial charge in [0, 0.05) is 19.0 Å². The van der Waals surface area contributed by atoms with Gasteiger partial charge in [-0.3, -0.25) is 4.90 Å². The van der Waals surface area contributed by atoms with E-state index in [1.54, 1.807) is 0 Å². The number of nitrogens with zero attached hydrogens (tertiary/aromatic N) is 1. The Bertz CT molecular complexity index is 152. The van der Waals surface area contributed by atoms with Crippen LogP contribution in [0.4, 0.5) is 0 Å². The highest BCUT2D eigenvalue weighted by Gasteiger charge is 2.18. The standard InChI is InChI=1S/C11H22ClNO/c1-10(2)4-3-5-13-6-7-14-11(8-12)9-13/h10-11H,3-9H2,1-2H3. The molecule has 3 heteroatoms. The predicted molar refractivity (Wildman–Crippen MR) is 61.0 cm³/mol.